The molecule has 3 N–H and O–H groups in total. The van der Waals surface area contributed by atoms with Crippen molar-refractivity contribution in [3.05, 3.63) is 34.6 Å². The number of halogens is 3. The standard InChI is InChI=1S/C8H8ClFN2S.BrH/c9-6-3-1-2-5(7(6)10)4-13-8(11)12;/h1-3H,4H2,(H3,11,12);1H. The number of benzene rings is 1. The van der Waals surface area contributed by atoms with Crippen molar-refractivity contribution in [3.8, 4) is 0 Å². The van der Waals surface area contributed by atoms with Gasteiger partial charge in [0.1, 0.15) is 5.82 Å². The van der Waals surface area contributed by atoms with Crippen LogP contribution in [-0.2, 0) is 5.75 Å². The predicted molar refractivity (Wildman–Crippen MR) is 64.9 cm³/mol. The van der Waals surface area contributed by atoms with Crippen molar-refractivity contribution in [2.24, 2.45) is 5.73 Å². The van der Waals surface area contributed by atoms with Gasteiger partial charge in [-0.3, -0.25) is 5.41 Å². The normalized spacial score (nSPS) is 9.29. The molecule has 0 unspecified atom stereocenters. The molecule has 0 aliphatic rings. The highest BCUT2D eigenvalue weighted by Crippen LogP contribution is 2.21. The van der Waals surface area contributed by atoms with Crippen LogP contribution < -0.4 is 5.73 Å². The van der Waals surface area contributed by atoms with Crippen molar-refractivity contribution in [1.82, 2.24) is 0 Å². The summed E-state index contributed by atoms with van der Waals surface area (Å²) in [5, 5.41) is 7.02. The smallest absolute Gasteiger partial charge is 0.151 e. The maximum absolute atomic E-state index is 13.2. The van der Waals surface area contributed by atoms with Crippen LogP contribution >= 0.6 is 40.3 Å². The molecular formula is C8H9BrClFN2S. The van der Waals surface area contributed by atoms with E-state index in [0.717, 1.165) is 11.8 Å². The van der Waals surface area contributed by atoms with Crippen molar-refractivity contribution in [2.45, 2.75) is 5.75 Å². The minimum absolute atomic E-state index is 0. The van der Waals surface area contributed by atoms with Crippen LogP contribution in [0.5, 0.6) is 0 Å². The van der Waals surface area contributed by atoms with E-state index in [1.54, 1.807) is 12.1 Å². The average Bonchev–Trinajstić information content (AvgIpc) is 2.07. The summed E-state index contributed by atoms with van der Waals surface area (Å²) in [6, 6.07) is 4.78. The van der Waals surface area contributed by atoms with E-state index in [4.69, 9.17) is 22.7 Å². The van der Waals surface area contributed by atoms with Crippen LogP contribution in [0.15, 0.2) is 18.2 Å². The van der Waals surface area contributed by atoms with E-state index in [9.17, 15) is 4.39 Å². The Bertz CT molecular complexity index is 335. The molecule has 78 valence electrons. The molecule has 2 nitrogen and oxygen atoms in total. The summed E-state index contributed by atoms with van der Waals surface area (Å²) in [7, 11) is 0. The molecule has 0 spiro atoms. The average molecular weight is 300 g/mol. The zero-order chi connectivity index (χ0) is 9.84. The minimum Gasteiger partial charge on any atom is -0.379 e. The van der Waals surface area contributed by atoms with Crippen LogP contribution in [0.1, 0.15) is 5.56 Å². The van der Waals surface area contributed by atoms with E-state index < -0.39 is 5.82 Å². The molecule has 0 aliphatic carbocycles. The van der Waals surface area contributed by atoms with Crippen molar-refractivity contribution < 1.29 is 4.39 Å². The Kier molecular flexibility index (Phi) is 6.15. The molecule has 1 rings (SSSR count). The van der Waals surface area contributed by atoms with Gasteiger partial charge in [0, 0.05) is 5.75 Å². The van der Waals surface area contributed by atoms with Gasteiger partial charge in [-0.2, -0.15) is 0 Å². The number of nitrogens with one attached hydrogen (secondary N) is 1. The Balaban J connectivity index is 0.00000169. The molecule has 0 bridgehead atoms. The Labute approximate surface area is 101 Å². The van der Waals surface area contributed by atoms with E-state index in [1.165, 1.54) is 6.07 Å². The van der Waals surface area contributed by atoms with E-state index >= 15 is 0 Å². The monoisotopic (exact) mass is 298 g/mol. The molecule has 0 fully saturated rings. The van der Waals surface area contributed by atoms with Gasteiger partial charge >= 0.3 is 0 Å². The summed E-state index contributed by atoms with van der Waals surface area (Å²) in [4.78, 5) is 0. The highest BCUT2D eigenvalue weighted by Gasteiger charge is 2.06. The fourth-order valence-electron chi connectivity index (χ4n) is 0.815. The number of rotatable bonds is 2. The van der Waals surface area contributed by atoms with Crippen LogP contribution in [0.2, 0.25) is 5.02 Å². The molecule has 0 aliphatic heterocycles. The number of thioether (sulfide) groups is 1. The van der Waals surface area contributed by atoms with Crippen LogP contribution in [0.4, 0.5) is 4.39 Å². The second-order valence-electron chi connectivity index (χ2n) is 2.37. The Morgan fingerprint density at radius 1 is 1.57 bits per heavy atom. The number of hydrogen-bond acceptors (Lipinski definition) is 2. The Morgan fingerprint density at radius 3 is 2.79 bits per heavy atom. The van der Waals surface area contributed by atoms with Crippen LogP contribution in [0.25, 0.3) is 0 Å². The highest BCUT2D eigenvalue weighted by molar-refractivity contribution is 8.93. The third-order valence-corrected chi connectivity index (χ3v) is 2.47. The SMILES string of the molecule is Br.N=C(N)SCc1cccc(Cl)c1F. The van der Waals surface area contributed by atoms with Crippen molar-refractivity contribution in [2.75, 3.05) is 0 Å². The first-order chi connectivity index (χ1) is 6.11. The van der Waals surface area contributed by atoms with Gasteiger partial charge in [-0.25, -0.2) is 4.39 Å². The van der Waals surface area contributed by atoms with E-state index in [1.807, 2.05) is 0 Å². The third-order valence-electron chi connectivity index (χ3n) is 1.41. The highest BCUT2D eigenvalue weighted by atomic mass is 79.9. The first-order valence-corrected chi connectivity index (χ1v) is 4.87. The fraction of sp³-hybridized carbons (Fsp3) is 0.125. The second kappa shape index (κ2) is 6.27. The summed E-state index contributed by atoms with van der Waals surface area (Å²) < 4.78 is 13.2. The summed E-state index contributed by atoms with van der Waals surface area (Å²) in [5.74, 6) is -0.0974. The van der Waals surface area contributed by atoms with Crippen molar-refractivity contribution >= 4 is 45.5 Å². The van der Waals surface area contributed by atoms with Crippen LogP contribution in [0, 0.1) is 11.2 Å². The van der Waals surface area contributed by atoms with E-state index in [2.05, 4.69) is 0 Å². The lowest BCUT2D eigenvalue weighted by Crippen LogP contribution is -2.04. The Hall–Kier alpha value is -0.260. The van der Waals surface area contributed by atoms with Gasteiger partial charge in [0.25, 0.3) is 0 Å². The molecule has 0 saturated carbocycles. The second-order valence-corrected chi connectivity index (χ2v) is 3.79. The summed E-state index contributed by atoms with van der Waals surface area (Å²) in [6.07, 6.45) is 0. The van der Waals surface area contributed by atoms with Crippen LogP contribution in [0.3, 0.4) is 0 Å². The van der Waals surface area contributed by atoms with Gasteiger partial charge in [0.2, 0.25) is 0 Å². The number of nitrogens with two attached hydrogens (primary N) is 1. The zero-order valence-corrected chi connectivity index (χ0v) is 10.4. The lowest BCUT2D eigenvalue weighted by Gasteiger charge is -2.02. The van der Waals surface area contributed by atoms with Crippen molar-refractivity contribution in [1.29, 1.82) is 5.41 Å². The zero-order valence-electron chi connectivity index (χ0n) is 7.09. The molecule has 6 heteroatoms. The van der Waals surface area contributed by atoms with E-state index in [0.29, 0.717) is 11.3 Å². The van der Waals surface area contributed by atoms with Gasteiger partial charge in [-0.15, -0.1) is 17.0 Å². The molecule has 0 heterocycles. The maximum Gasteiger partial charge on any atom is 0.151 e. The first-order valence-electron chi connectivity index (χ1n) is 3.51. The lowest BCUT2D eigenvalue weighted by atomic mass is 10.2. The van der Waals surface area contributed by atoms with Crippen LogP contribution in [-0.4, -0.2) is 5.17 Å². The molecule has 0 atom stereocenters. The van der Waals surface area contributed by atoms with Gasteiger partial charge in [0.15, 0.2) is 5.17 Å². The molecule has 0 saturated heterocycles. The van der Waals surface area contributed by atoms with Gasteiger partial charge in [-0.1, -0.05) is 35.5 Å². The third kappa shape index (κ3) is 3.86. The largest absolute Gasteiger partial charge is 0.379 e. The summed E-state index contributed by atoms with van der Waals surface area (Å²) in [6.45, 7) is 0. The number of amidine groups is 1. The summed E-state index contributed by atoms with van der Waals surface area (Å²) in [5.41, 5.74) is 5.58. The van der Waals surface area contributed by atoms with E-state index in [-0.39, 0.29) is 27.2 Å². The summed E-state index contributed by atoms with van der Waals surface area (Å²) >= 11 is 6.63. The van der Waals surface area contributed by atoms with Gasteiger partial charge in [-0.05, 0) is 11.6 Å². The number of hydrogen-bond donors (Lipinski definition) is 2. The fourth-order valence-corrected chi connectivity index (χ4v) is 1.54. The predicted octanol–water partition coefficient (Wildman–Crippen LogP) is 3.18. The molecule has 1 aromatic carbocycles. The molecule has 1 aromatic rings. The molecule has 0 radical (unpaired) electrons. The molecular weight excluding hydrogens is 291 g/mol. The van der Waals surface area contributed by atoms with Crippen molar-refractivity contribution in [3.63, 3.8) is 0 Å². The lowest BCUT2D eigenvalue weighted by molar-refractivity contribution is 0.618. The first kappa shape index (κ1) is 13.7. The topological polar surface area (TPSA) is 49.9 Å². The Morgan fingerprint density at radius 2 is 2.21 bits per heavy atom. The van der Waals surface area contributed by atoms with Gasteiger partial charge in [0.05, 0.1) is 5.02 Å². The quantitative estimate of drug-likeness (QED) is 0.651. The van der Waals surface area contributed by atoms with Gasteiger partial charge < -0.3 is 5.73 Å². The minimum atomic E-state index is -0.432. The molecule has 0 amide bonds. The molecule has 14 heavy (non-hydrogen) atoms. The molecule has 0 aromatic heterocycles. The maximum atomic E-state index is 13.2.